The van der Waals surface area contributed by atoms with Gasteiger partial charge in [-0.25, -0.2) is 0 Å². The minimum atomic E-state index is -0.528. The number of rotatable bonds is 7. The smallest absolute Gasteiger partial charge is 0.273 e. The van der Waals surface area contributed by atoms with Gasteiger partial charge in [0, 0.05) is 16.7 Å². The average Bonchev–Trinajstić information content (AvgIpc) is 3.16. The molecule has 0 fully saturated rings. The van der Waals surface area contributed by atoms with Gasteiger partial charge in [-0.05, 0) is 35.7 Å². The molecule has 2 aromatic carbocycles. The van der Waals surface area contributed by atoms with Gasteiger partial charge in [0.15, 0.2) is 0 Å². The minimum Gasteiger partial charge on any atom is -0.494 e. The summed E-state index contributed by atoms with van der Waals surface area (Å²) < 4.78 is 10.8. The average molecular weight is 419 g/mol. The van der Waals surface area contributed by atoms with E-state index in [0.29, 0.717) is 27.9 Å². The molecule has 0 radical (unpaired) electrons. The molecular formula is C19H15ClN2O5S. The second-order valence-corrected chi connectivity index (χ2v) is 7.01. The fourth-order valence-electron chi connectivity index (χ4n) is 2.37. The molecule has 0 unspecified atom stereocenters. The van der Waals surface area contributed by atoms with E-state index in [4.69, 9.17) is 21.1 Å². The van der Waals surface area contributed by atoms with Gasteiger partial charge in [-0.3, -0.25) is 14.9 Å². The van der Waals surface area contributed by atoms with E-state index in [9.17, 15) is 14.9 Å². The third kappa shape index (κ3) is 4.79. The van der Waals surface area contributed by atoms with E-state index >= 15 is 0 Å². The molecule has 3 aromatic rings. The van der Waals surface area contributed by atoms with Gasteiger partial charge in [0.05, 0.1) is 28.7 Å². The van der Waals surface area contributed by atoms with Crippen LogP contribution in [-0.4, -0.2) is 17.9 Å². The maximum Gasteiger partial charge on any atom is 0.273 e. The topological polar surface area (TPSA) is 90.7 Å². The molecule has 0 spiro atoms. The lowest BCUT2D eigenvalue weighted by Gasteiger charge is -2.09. The molecule has 0 bridgehead atoms. The maximum absolute atomic E-state index is 12.5. The summed E-state index contributed by atoms with van der Waals surface area (Å²) >= 11 is 7.19. The van der Waals surface area contributed by atoms with Crippen LogP contribution in [0.2, 0.25) is 5.02 Å². The number of amides is 1. The van der Waals surface area contributed by atoms with Crippen molar-refractivity contribution >= 4 is 40.2 Å². The first-order valence-electron chi connectivity index (χ1n) is 8.06. The number of carbonyl (C=O) groups is 1. The molecule has 1 N–H and O–H groups in total. The van der Waals surface area contributed by atoms with Gasteiger partial charge in [0.1, 0.15) is 18.1 Å². The lowest BCUT2D eigenvalue weighted by Crippen LogP contribution is -2.11. The van der Waals surface area contributed by atoms with Gasteiger partial charge in [0.25, 0.3) is 11.6 Å². The Morgan fingerprint density at radius 1 is 1.25 bits per heavy atom. The van der Waals surface area contributed by atoms with Gasteiger partial charge in [-0.2, -0.15) is 0 Å². The summed E-state index contributed by atoms with van der Waals surface area (Å²) in [4.78, 5) is 23.3. The summed E-state index contributed by atoms with van der Waals surface area (Å²) in [6.45, 7) is 0.297. The number of ether oxygens (including phenoxy) is 2. The molecule has 28 heavy (non-hydrogen) atoms. The van der Waals surface area contributed by atoms with Crippen LogP contribution in [0, 0.1) is 10.1 Å². The Morgan fingerprint density at radius 3 is 2.79 bits per heavy atom. The Hall–Kier alpha value is -3.10. The van der Waals surface area contributed by atoms with Crippen molar-refractivity contribution in [2.24, 2.45) is 0 Å². The van der Waals surface area contributed by atoms with E-state index in [2.05, 4.69) is 5.32 Å². The first-order chi connectivity index (χ1) is 13.5. The lowest BCUT2D eigenvalue weighted by molar-refractivity contribution is -0.384. The van der Waals surface area contributed by atoms with Crippen LogP contribution >= 0.6 is 22.9 Å². The van der Waals surface area contributed by atoms with Crippen molar-refractivity contribution in [2.75, 3.05) is 12.4 Å². The van der Waals surface area contributed by atoms with E-state index in [1.807, 2.05) is 5.38 Å². The summed E-state index contributed by atoms with van der Waals surface area (Å²) in [6, 6.07) is 12.8. The molecule has 0 saturated carbocycles. The van der Waals surface area contributed by atoms with E-state index in [0.717, 1.165) is 5.56 Å². The normalized spacial score (nSPS) is 10.4. The van der Waals surface area contributed by atoms with Crippen LogP contribution in [0.5, 0.6) is 11.5 Å². The van der Waals surface area contributed by atoms with Gasteiger partial charge in [-0.1, -0.05) is 17.7 Å². The summed E-state index contributed by atoms with van der Waals surface area (Å²) in [6.07, 6.45) is 0. The Balaban J connectivity index is 1.66. The number of nitrogens with one attached hydrogen (secondary N) is 1. The fourth-order valence-corrected chi connectivity index (χ4v) is 3.35. The predicted molar refractivity (Wildman–Crippen MR) is 108 cm³/mol. The summed E-state index contributed by atoms with van der Waals surface area (Å²) in [7, 11) is 1.38. The molecule has 0 aliphatic rings. The molecule has 3 rings (SSSR count). The number of hydrogen-bond donors (Lipinski definition) is 1. The molecule has 1 amide bonds. The number of methoxy groups -OCH3 is 1. The monoisotopic (exact) mass is 418 g/mol. The third-order valence-corrected chi connectivity index (χ3v) is 4.94. The van der Waals surface area contributed by atoms with E-state index in [1.165, 1.54) is 36.6 Å². The van der Waals surface area contributed by atoms with Crippen molar-refractivity contribution in [3.05, 3.63) is 79.5 Å². The minimum absolute atomic E-state index is 0.119. The van der Waals surface area contributed by atoms with Crippen LogP contribution in [0.15, 0.2) is 53.9 Å². The maximum atomic E-state index is 12.5. The highest BCUT2D eigenvalue weighted by Gasteiger charge is 2.15. The number of halogens is 1. The molecule has 1 aromatic heterocycles. The van der Waals surface area contributed by atoms with Gasteiger partial charge >= 0.3 is 0 Å². The van der Waals surface area contributed by atoms with Crippen molar-refractivity contribution in [3.63, 3.8) is 0 Å². The van der Waals surface area contributed by atoms with Crippen LogP contribution < -0.4 is 14.8 Å². The van der Waals surface area contributed by atoms with Crippen molar-refractivity contribution < 1.29 is 19.2 Å². The van der Waals surface area contributed by atoms with Gasteiger partial charge in [-0.15, -0.1) is 11.3 Å². The number of thiophene rings is 1. The zero-order valence-electron chi connectivity index (χ0n) is 14.7. The second kappa shape index (κ2) is 8.73. The highest BCUT2D eigenvalue weighted by molar-refractivity contribution is 7.12. The Kier molecular flexibility index (Phi) is 6.13. The van der Waals surface area contributed by atoms with Crippen LogP contribution in [0.1, 0.15) is 15.2 Å². The van der Waals surface area contributed by atoms with Crippen LogP contribution in [0.4, 0.5) is 11.4 Å². The predicted octanol–water partition coefficient (Wildman–Crippen LogP) is 5.15. The molecule has 0 atom stereocenters. The number of benzene rings is 2. The van der Waals surface area contributed by atoms with Gasteiger partial charge in [0.2, 0.25) is 0 Å². The number of nitro benzene ring substituents is 1. The largest absolute Gasteiger partial charge is 0.494 e. The highest BCUT2D eigenvalue weighted by atomic mass is 35.5. The number of nitrogens with zero attached hydrogens (tertiary/aromatic N) is 1. The molecule has 7 nitrogen and oxygen atoms in total. The molecule has 0 aliphatic heterocycles. The molecule has 0 aliphatic carbocycles. The van der Waals surface area contributed by atoms with Crippen molar-refractivity contribution in [3.8, 4) is 11.5 Å². The van der Waals surface area contributed by atoms with Crippen LogP contribution in [0.3, 0.4) is 0 Å². The van der Waals surface area contributed by atoms with Crippen LogP contribution in [-0.2, 0) is 6.61 Å². The van der Waals surface area contributed by atoms with Crippen molar-refractivity contribution in [2.45, 2.75) is 6.61 Å². The van der Waals surface area contributed by atoms with E-state index < -0.39 is 4.92 Å². The molecule has 1 heterocycles. The summed E-state index contributed by atoms with van der Waals surface area (Å²) in [5, 5.41) is 16.0. The number of non-ortho nitro benzene ring substituents is 1. The first-order valence-corrected chi connectivity index (χ1v) is 9.31. The quantitative estimate of drug-likeness (QED) is 0.423. The summed E-state index contributed by atoms with van der Waals surface area (Å²) in [5.41, 5.74) is 1.07. The Bertz CT molecular complexity index is 1020. The molecule has 9 heteroatoms. The number of hydrogen-bond acceptors (Lipinski definition) is 6. The molecule has 0 saturated heterocycles. The van der Waals surface area contributed by atoms with Crippen molar-refractivity contribution in [1.29, 1.82) is 0 Å². The summed E-state index contributed by atoms with van der Waals surface area (Å²) in [5.74, 6) is 0.509. The fraction of sp³-hybridized carbons (Fsp3) is 0.105. The lowest BCUT2D eigenvalue weighted by atomic mass is 10.2. The van der Waals surface area contributed by atoms with E-state index in [1.54, 1.807) is 30.3 Å². The zero-order valence-corrected chi connectivity index (χ0v) is 16.3. The SMILES string of the molecule is COc1cc([N+](=O)[O-])ccc1NC(=O)c1cc(COc2cccc(Cl)c2)cs1. The molecular weight excluding hydrogens is 404 g/mol. The highest BCUT2D eigenvalue weighted by Crippen LogP contribution is 2.30. The number of nitro groups is 1. The standard InChI is InChI=1S/C19H15ClN2O5S/c1-26-17-9-14(22(24)25)5-6-16(17)21-19(23)18-7-12(11-28-18)10-27-15-4-2-3-13(20)8-15/h2-9,11H,10H2,1H3,(H,21,23). The third-order valence-electron chi connectivity index (χ3n) is 3.72. The van der Waals surface area contributed by atoms with Crippen LogP contribution in [0.25, 0.3) is 0 Å². The Morgan fingerprint density at radius 2 is 2.07 bits per heavy atom. The molecule has 144 valence electrons. The number of carbonyl (C=O) groups excluding carboxylic acids is 1. The Labute approximate surface area is 169 Å². The van der Waals surface area contributed by atoms with Gasteiger partial charge < -0.3 is 14.8 Å². The van der Waals surface area contributed by atoms with Crippen molar-refractivity contribution in [1.82, 2.24) is 0 Å². The zero-order chi connectivity index (χ0) is 20.1. The van der Waals surface area contributed by atoms with E-state index in [-0.39, 0.29) is 17.3 Å². The first kappa shape index (κ1) is 19.7. The second-order valence-electron chi connectivity index (χ2n) is 5.66. The number of anilines is 1.